The molecule has 4 fully saturated rings. The minimum absolute atomic E-state index is 0. The van der Waals surface area contributed by atoms with E-state index in [1.165, 1.54) is 113 Å². The number of esters is 1. The number of aromatic amines is 1. The fourth-order valence-electron chi connectivity index (χ4n) is 17.5. The van der Waals surface area contributed by atoms with Crippen molar-refractivity contribution in [2.75, 3.05) is 54.6 Å². The van der Waals surface area contributed by atoms with Crippen LogP contribution in [0.1, 0.15) is 246 Å². The predicted molar refractivity (Wildman–Crippen MR) is 603 cm³/mol. The maximum atomic E-state index is 13.5. The topological polar surface area (TPSA) is 317 Å². The molecule has 0 spiro atoms. The Balaban J connectivity index is 0.000000339. The number of unbranched alkanes of at least 4 members (excludes halogenated alkanes) is 3. The number of carboxylic acids is 1. The third kappa shape index (κ3) is 40.2. The molecule has 0 bridgehead atoms. The second kappa shape index (κ2) is 66.1. The van der Waals surface area contributed by atoms with Crippen LogP contribution in [0.15, 0.2) is 156 Å². The normalized spacial score (nSPS) is 18.4. The zero-order chi connectivity index (χ0) is 100. The number of halogens is 2. The number of nitrogens with one attached hydrogen (secondary N) is 5. The molecule has 12 rings (SSSR count). The van der Waals surface area contributed by atoms with E-state index in [2.05, 4.69) is 244 Å². The number of amides is 6. The molecule has 7 aliphatic rings. The van der Waals surface area contributed by atoms with Crippen molar-refractivity contribution in [3.8, 4) is 11.3 Å². The number of alkyl carbamates (subject to hydrolysis) is 3. The first-order valence-electron chi connectivity index (χ1n) is 48.1. The molecule has 37 heteroatoms. The fraction of sp³-hybridized carbons (Fsp3) is 0.529. The molecule has 6 N–H and O–H groups in total. The van der Waals surface area contributed by atoms with Crippen molar-refractivity contribution >= 4 is 210 Å². The van der Waals surface area contributed by atoms with Crippen molar-refractivity contribution in [2.45, 2.75) is 262 Å². The van der Waals surface area contributed by atoms with Crippen LogP contribution >= 0.6 is 97.5 Å². The molecule has 0 radical (unpaired) electrons. The van der Waals surface area contributed by atoms with Gasteiger partial charge in [-0.15, -0.1) is 26.8 Å². The minimum Gasteiger partial charge on any atom is -0.481 e. The maximum Gasteiger partial charge on any atom is 0.407 e. The zero-order valence-electron chi connectivity index (χ0n) is 83.2. The van der Waals surface area contributed by atoms with E-state index in [9.17, 15) is 38.4 Å². The van der Waals surface area contributed by atoms with Gasteiger partial charge in [0.25, 0.3) is 0 Å². The Labute approximate surface area is 877 Å². The Morgan fingerprint density at radius 2 is 0.928 bits per heavy atom. The molecule has 16 atom stereocenters. The first-order valence-corrected chi connectivity index (χ1v) is 71.6. The van der Waals surface area contributed by atoms with Crippen LogP contribution in [-0.2, 0) is 63.3 Å². The van der Waals surface area contributed by atoms with Crippen LogP contribution in [0.3, 0.4) is 0 Å². The second-order valence-corrected chi connectivity index (χ2v) is 74.2. The largest absolute Gasteiger partial charge is 0.481 e. The number of allylic oxidation sites excluding steroid dienone is 4. The van der Waals surface area contributed by atoms with Gasteiger partial charge in [0.15, 0.2) is 0 Å². The summed E-state index contributed by atoms with van der Waals surface area (Å²) in [7, 11) is 18.4. The molecule has 8 unspecified atom stereocenters. The van der Waals surface area contributed by atoms with E-state index in [0.29, 0.717) is 39.1 Å². The van der Waals surface area contributed by atoms with Gasteiger partial charge in [0, 0.05) is 110 Å². The Kier molecular flexibility index (Phi) is 59.1. The summed E-state index contributed by atoms with van der Waals surface area (Å²) in [6.07, 6.45) is 31.1. The van der Waals surface area contributed by atoms with Gasteiger partial charge in [0.1, 0.15) is 23.9 Å². The van der Waals surface area contributed by atoms with Gasteiger partial charge in [-0.1, -0.05) is 211 Å². The minimum atomic E-state index is -1.84. The summed E-state index contributed by atoms with van der Waals surface area (Å²) in [6.45, 7) is 27.7. The van der Waals surface area contributed by atoms with Crippen molar-refractivity contribution in [1.82, 2.24) is 45.9 Å². The van der Waals surface area contributed by atoms with Gasteiger partial charge >= 0.3 is 138 Å². The molecular formula is C102H154Br2N12O13P8PdSn. The van der Waals surface area contributed by atoms with Crippen LogP contribution in [0.4, 0.5) is 14.4 Å². The number of aliphatic imine (C=N–C) groups is 3. The van der Waals surface area contributed by atoms with Crippen molar-refractivity contribution < 1.29 is 82.8 Å². The second-order valence-electron chi connectivity index (χ2n) is 36.4. The Bertz CT molecular complexity index is 4930. The molecule has 139 heavy (non-hydrogen) atoms. The van der Waals surface area contributed by atoms with Gasteiger partial charge < -0.3 is 65.0 Å². The number of rotatable bonds is 37. The number of hydrogen-bond acceptors (Lipinski definition) is 17. The molecule has 0 aliphatic carbocycles. The molecule has 25 nitrogen and oxygen atoms in total. The average Bonchev–Trinajstić information content (AvgIpc) is 1.67. The molecule has 1 aromatic heterocycles. The number of carbonyl (C=O) groups excluding carboxylic acids is 7. The van der Waals surface area contributed by atoms with Crippen molar-refractivity contribution in [3.05, 3.63) is 175 Å². The molecular weight excluding hydrogens is 2230 g/mol. The van der Waals surface area contributed by atoms with Gasteiger partial charge in [0.2, 0.25) is 17.7 Å². The van der Waals surface area contributed by atoms with Gasteiger partial charge in [-0.25, -0.2) is 19.4 Å². The first kappa shape index (κ1) is 124. The van der Waals surface area contributed by atoms with E-state index in [0.717, 1.165) is 145 Å². The number of nitrogens with zero attached hydrogens (tertiary/aromatic N) is 7. The van der Waals surface area contributed by atoms with Crippen molar-refractivity contribution in [2.24, 2.45) is 44.6 Å². The number of imidazole rings is 1. The Morgan fingerprint density at radius 1 is 0.547 bits per heavy atom. The number of methoxy groups -OCH3 is 4. The molecule has 0 saturated carbocycles. The SMILES string of the molecule is Brc1ccc(C2=CN=C([C@@H]3CCCN3)C2)cc1.C.C/C=[CH]/[Sn]([CH2]CCC)([CH2]CCC)[CH2]CCC.COC(=O)C[C@H](C(=O)O)C(C)C.COC(=O)N[C@H](C(=O)N1CCC[C@H]1C1=NC=C(c2ccc(/C=C/c3ccc(-c4cnc([C@@H]5CCCN5C(=O)[C@@H](NC(=O)OC)C(C)C)[nH]4)cc3)cc2)C1)C(C)C.COC(=O)N[C@H](C(=O)N1CCC[C@H]1C1=NC=C(c2ccc(Br)cc2)C1)C(C)C.PPPPP(P)PP.[Pd]. The van der Waals surface area contributed by atoms with E-state index < -0.39 is 72.6 Å². The first-order chi connectivity index (χ1) is 65.7. The average molecular weight is 2390 g/mol. The summed E-state index contributed by atoms with van der Waals surface area (Å²) in [5.41, 5.74) is 14.4. The van der Waals surface area contributed by atoms with E-state index in [1.807, 2.05) is 87.0 Å². The van der Waals surface area contributed by atoms with Crippen LogP contribution < -0.4 is 21.3 Å². The van der Waals surface area contributed by atoms with Gasteiger partial charge in [0.05, 0.1) is 70.8 Å². The summed E-state index contributed by atoms with van der Waals surface area (Å²) in [4.78, 5) is 125. The zero-order valence-corrected chi connectivity index (χ0v) is 99.1. The summed E-state index contributed by atoms with van der Waals surface area (Å²) < 4.78 is 28.3. The summed E-state index contributed by atoms with van der Waals surface area (Å²) in [5.74, 6) is -1.90. The van der Waals surface area contributed by atoms with E-state index in [4.69, 9.17) is 19.6 Å². The monoisotopic (exact) mass is 2390 g/mol. The number of aromatic nitrogens is 2. The third-order valence-electron chi connectivity index (χ3n) is 25.3. The van der Waals surface area contributed by atoms with Crippen molar-refractivity contribution in [1.29, 1.82) is 0 Å². The number of carboxylic acid groups (broad SMARTS) is 1. The smallest absolute Gasteiger partial charge is 0.407 e. The maximum absolute atomic E-state index is 13.5. The molecule has 4 saturated heterocycles. The van der Waals surface area contributed by atoms with Crippen LogP contribution in [-0.4, -0.2) is 204 Å². The Morgan fingerprint density at radius 3 is 1.27 bits per heavy atom. The molecule has 7 aliphatic heterocycles. The van der Waals surface area contributed by atoms with Crippen LogP contribution in [0.5, 0.6) is 0 Å². The van der Waals surface area contributed by atoms with E-state index in [-0.39, 0.29) is 93.8 Å². The predicted octanol–water partition coefficient (Wildman–Crippen LogP) is 25.9. The van der Waals surface area contributed by atoms with Crippen LogP contribution in [0, 0.1) is 29.6 Å². The number of aliphatic carboxylic acids is 1. The van der Waals surface area contributed by atoms with E-state index >= 15 is 0 Å². The number of ether oxygens (including phenoxy) is 4. The fourth-order valence-corrected chi connectivity index (χ4v) is 62.8. The number of carbonyl (C=O) groups is 8. The summed E-state index contributed by atoms with van der Waals surface area (Å²) in [6, 6.07) is 31.5. The number of hydrogen-bond donors (Lipinski definition) is 6. The van der Waals surface area contributed by atoms with Gasteiger partial charge in [-0.3, -0.25) is 38.9 Å². The number of benzene rings is 4. The van der Waals surface area contributed by atoms with E-state index in [1.54, 1.807) is 33.4 Å². The van der Waals surface area contributed by atoms with Crippen molar-refractivity contribution in [3.63, 3.8) is 0 Å². The van der Waals surface area contributed by atoms with Crippen LogP contribution in [0.2, 0.25) is 13.3 Å². The molecule has 6 amide bonds. The molecule has 5 aromatic rings. The summed E-state index contributed by atoms with van der Waals surface area (Å²) >= 11 is 5.08. The summed E-state index contributed by atoms with van der Waals surface area (Å²) in [5, 5.41) is 20.3. The quantitative estimate of drug-likeness (QED) is 0.00708. The number of likely N-dealkylation sites (tertiary alicyclic amines) is 3. The van der Waals surface area contributed by atoms with Gasteiger partial charge in [-0.05, 0) is 163 Å². The molecule has 8 heterocycles. The third-order valence-corrected chi connectivity index (χ3v) is 71.9. The van der Waals surface area contributed by atoms with Crippen LogP contribution in [0.25, 0.3) is 40.1 Å². The molecule has 768 valence electrons. The standard InChI is InChI=1S/C43H53N7O6.C21H26BrN3O3.C14H15BrN2.C8H14O4.3C4H9.C3H5.CH4.H10P8.Pd.Sn/c1-26(2)37(47-42(53)55-5)40(51)49-21-7-9-35(49)33-23-32(24-44-33)30-17-13-28(14-18-30)11-12-29-15-19-31(20-16-29)34-25-45-39(46-34)36-10-8-22-50(36)41(52)38(27(3)4)48-43(54)56-6;1-13(2)19(24-21(27)28-3)20(26)25-10-4-5-18(25)17-11-15(12-23-17)14-6-8-16(22)9-7-14;15-12-5-3-10(4-6-12)11-8-14(17-9-11)13-2-1-7-16-13;1-5(2)6(8(10)11)4-7(9)12-3;3*1-3-4-2;1-3-2;;1-4-6-7-8(3)5-2;;/h11-20,24-27,35-38H,7-10,21-23H2,1-6H3,(H,45,46)(H,47,53)(H,48,54);6-9,12-13,18-19H,4-5,10-11H2,1-3H3,(H,24,27);3-6,9,13,16H,1-2,7-8H2;5-6H,4H2,1-3H3,(H,10,11);3*1,3-4H2,2H3;1,3H,2H3;1H4;4-7H,1-3H2;;/b12-11+;;;;;;;;;;;/t35-,36-,37-,38-;18-,19-;13-;6-;;;;;;;;/m0000......../s1. The van der Waals surface area contributed by atoms with Gasteiger partial charge in [-0.2, -0.15) is 0 Å². The Hall–Kier alpha value is -5.22. The number of H-pyrrole nitrogens is 1. The molecule has 4 aromatic carbocycles.